The Bertz CT molecular complexity index is 396. The molecule has 1 heterocycles. The molecule has 1 aliphatic heterocycles. The lowest BCUT2D eigenvalue weighted by Crippen LogP contribution is -2.30. The molecule has 2 heteroatoms. The van der Waals surface area contributed by atoms with Crippen LogP contribution in [-0.2, 0) is 6.42 Å². The summed E-state index contributed by atoms with van der Waals surface area (Å²) in [6.07, 6.45) is 8.39. The number of fused-ring (bicyclic) bond motifs is 1. The zero-order valence-electron chi connectivity index (χ0n) is 10.2. The number of halogens is 1. The molecule has 0 radical (unpaired) electrons. The third kappa shape index (κ3) is 2.30. The van der Waals surface area contributed by atoms with Crippen LogP contribution in [0.3, 0.4) is 0 Å². The lowest BCUT2D eigenvalue weighted by atomic mass is 9.76. The molecule has 1 nitrogen and oxygen atoms in total. The molecule has 3 rings (SSSR count). The molecule has 1 fully saturated rings. The molecule has 1 atom stereocenters. The zero-order valence-corrected chi connectivity index (χ0v) is 11.0. The van der Waals surface area contributed by atoms with Crippen LogP contribution in [0.15, 0.2) is 18.2 Å². The minimum absolute atomic E-state index is 0.821. The predicted octanol–water partition coefficient (Wildman–Crippen LogP) is 4.50. The smallest absolute Gasteiger partial charge is 0.0640 e. The van der Waals surface area contributed by atoms with Crippen molar-refractivity contribution in [1.29, 1.82) is 0 Å². The molecular formula is C15H20ClN. The van der Waals surface area contributed by atoms with Gasteiger partial charge in [0.15, 0.2) is 0 Å². The highest BCUT2D eigenvalue weighted by atomic mass is 35.5. The second kappa shape index (κ2) is 4.89. The molecule has 1 N–H and O–H groups in total. The van der Waals surface area contributed by atoms with Crippen molar-refractivity contribution in [2.24, 2.45) is 11.8 Å². The first-order valence-corrected chi connectivity index (χ1v) is 7.23. The Hall–Kier alpha value is -0.690. The van der Waals surface area contributed by atoms with Crippen LogP contribution >= 0.6 is 11.6 Å². The van der Waals surface area contributed by atoms with E-state index in [1.165, 1.54) is 49.8 Å². The SMILES string of the molecule is Clc1cccc2c1NCC(C1CCCCC1)C2. The molecule has 0 aromatic heterocycles. The lowest BCUT2D eigenvalue weighted by molar-refractivity contribution is 0.252. The van der Waals surface area contributed by atoms with Gasteiger partial charge in [-0.1, -0.05) is 55.8 Å². The van der Waals surface area contributed by atoms with Crippen LogP contribution in [0.25, 0.3) is 0 Å². The van der Waals surface area contributed by atoms with E-state index in [1.54, 1.807) is 0 Å². The van der Waals surface area contributed by atoms with Crippen LogP contribution in [0.2, 0.25) is 5.02 Å². The highest BCUT2D eigenvalue weighted by molar-refractivity contribution is 6.33. The van der Waals surface area contributed by atoms with E-state index in [0.717, 1.165) is 23.4 Å². The van der Waals surface area contributed by atoms with Crippen molar-refractivity contribution in [3.8, 4) is 0 Å². The average molecular weight is 250 g/mol. The van der Waals surface area contributed by atoms with Crippen molar-refractivity contribution in [2.75, 3.05) is 11.9 Å². The molecule has 0 saturated heterocycles. The van der Waals surface area contributed by atoms with Crippen LogP contribution < -0.4 is 5.32 Å². The largest absolute Gasteiger partial charge is 0.383 e. The third-order valence-electron chi connectivity index (χ3n) is 4.44. The summed E-state index contributed by atoms with van der Waals surface area (Å²) in [5.74, 6) is 1.75. The molecular weight excluding hydrogens is 230 g/mol. The minimum Gasteiger partial charge on any atom is -0.383 e. The van der Waals surface area contributed by atoms with Gasteiger partial charge in [0.1, 0.15) is 0 Å². The molecule has 0 bridgehead atoms. The number of anilines is 1. The summed E-state index contributed by atoms with van der Waals surface area (Å²) in [4.78, 5) is 0. The number of benzene rings is 1. The van der Waals surface area contributed by atoms with Crippen LogP contribution in [-0.4, -0.2) is 6.54 Å². The van der Waals surface area contributed by atoms with Crippen molar-refractivity contribution in [3.05, 3.63) is 28.8 Å². The molecule has 17 heavy (non-hydrogen) atoms. The average Bonchev–Trinajstić information content (AvgIpc) is 2.40. The van der Waals surface area contributed by atoms with E-state index < -0.39 is 0 Å². The molecule has 0 amide bonds. The van der Waals surface area contributed by atoms with Gasteiger partial charge in [-0.2, -0.15) is 0 Å². The van der Waals surface area contributed by atoms with Gasteiger partial charge in [-0.25, -0.2) is 0 Å². The zero-order chi connectivity index (χ0) is 11.7. The van der Waals surface area contributed by atoms with Gasteiger partial charge in [-0.3, -0.25) is 0 Å². The summed E-state index contributed by atoms with van der Waals surface area (Å²) in [5.41, 5.74) is 2.60. The number of rotatable bonds is 1. The lowest BCUT2D eigenvalue weighted by Gasteiger charge is -2.34. The predicted molar refractivity (Wildman–Crippen MR) is 73.7 cm³/mol. The molecule has 2 aliphatic rings. The maximum absolute atomic E-state index is 6.21. The quantitative estimate of drug-likeness (QED) is 0.773. The monoisotopic (exact) mass is 249 g/mol. The van der Waals surface area contributed by atoms with Crippen LogP contribution in [0.5, 0.6) is 0 Å². The summed E-state index contributed by atoms with van der Waals surface area (Å²) in [5, 5.41) is 4.43. The normalized spacial score (nSPS) is 25.1. The Labute approximate surface area is 109 Å². The first-order chi connectivity index (χ1) is 8.34. The number of hydrogen-bond donors (Lipinski definition) is 1. The Morgan fingerprint density at radius 3 is 2.71 bits per heavy atom. The second-order valence-corrected chi connectivity index (χ2v) is 5.92. The molecule has 1 aromatic carbocycles. The van der Waals surface area contributed by atoms with Gasteiger partial charge in [0, 0.05) is 6.54 Å². The standard InChI is InChI=1S/C15H20ClN/c16-14-8-4-7-12-9-13(10-17-15(12)14)11-5-2-1-3-6-11/h4,7-8,11,13,17H,1-3,5-6,9-10H2. The summed E-state index contributed by atoms with van der Waals surface area (Å²) in [6.45, 7) is 1.11. The molecule has 1 saturated carbocycles. The first kappa shape index (κ1) is 11.4. The topological polar surface area (TPSA) is 12.0 Å². The maximum atomic E-state index is 6.21. The van der Waals surface area contributed by atoms with Gasteiger partial charge in [0.25, 0.3) is 0 Å². The Balaban J connectivity index is 1.76. The fourth-order valence-corrected chi connectivity index (χ4v) is 3.72. The summed E-state index contributed by atoms with van der Waals surface area (Å²) in [6, 6.07) is 6.28. The molecule has 1 aliphatic carbocycles. The Morgan fingerprint density at radius 1 is 1.06 bits per heavy atom. The van der Waals surface area contributed by atoms with Gasteiger partial charge in [0.2, 0.25) is 0 Å². The fraction of sp³-hybridized carbons (Fsp3) is 0.600. The van der Waals surface area contributed by atoms with E-state index in [0.29, 0.717) is 0 Å². The minimum atomic E-state index is 0.821. The molecule has 1 aromatic rings. The van der Waals surface area contributed by atoms with Gasteiger partial charge >= 0.3 is 0 Å². The summed E-state index contributed by atoms with van der Waals surface area (Å²) < 4.78 is 0. The van der Waals surface area contributed by atoms with E-state index >= 15 is 0 Å². The second-order valence-electron chi connectivity index (χ2n) is 5.52. The van der Waals surface area contributed by atoms with Gasteiger partial charge in [0.05, 0.1) is 10.7 Å². The number of nitrogens with one attached hydrogen (secondary N) is 1. The van der Waals surface area contributed by atoms with Gasteiger partial charge < -0.3 is 5.32 Å². The first-order valence-electron chi connectivity index (χ1n) is 6.86. The van der Waals surface area contributed by atoms with Gasteiger partial charge in [-0.15, -0.1) is 0 Å². The van der Waals surface area contributed by atoms with Crippen molar-refractivity contribution in [2.45, 2.75) is 38.5 Å². The Kier molecular flexibility index (Phi) is 3.28. The summed E-state index contributed by atoms with van der Waals surface area (Å²) in [7, 11) is 0. The van der Waals surface area contributed by atoms with E-state index in [9.17, 15) is 0 Å². The van der Waals surface area contributed by atoms with Crippen LogP contribution in [0, 0.1) is 11.8 Å². The third-order valence-corrected chi connectivity index (χ3v) is 4.75. The van der Waals surface area contributed by atoms with E-state index in [4.69, 9.17) is 11.6 Å². The Morgan fingerprint density at radius 2 is 1.88 bits per heavy atom. The maximum Gasteiger partial charge on any atom is 0.0640 e. The van der Waals surface area contributed by atoms with Crippen molar-refractivity contribution in [3.63, 3.8) is 0 Å². The highest BCUT2D eigenvalue weighted by Crippen LogP contribution is 2.38. The van der Waals surface area contributed by atoms with Crippen molar-refractivity contribution < 1.29 is 0 Å². The van der Waals surface area contributed by atoms with Crippen LogP contribution in [0.4, 0.5) is 5.69 Å². The summed E-state index contributed by atoms with van der Waals surface area (Å²) >= 11 is 6.21. The molecule has 0 spiro atoms. The molecule has 1 unspecified atom stereocenters. The number of hydrogen-bond acceptors (Lipinski definition) is 1. The van der Waals surface area contributed by atoms with E-state index in [2.05, 4.69) is 17.4 Å². The van der Waals surface area contributed by atoms with Gasteiger partial charge in [-0.05, 0) is 29.9 Å². The number of para-hydroxylation sites is 1. The molecule has 92 valence electrons. The fourth-order valence-electron chi connectivity index (χ4n) is 3.46. The highest BCUT2D eigenvalue weighted by Gasteiger charge is 2.27. The van der Waals surface area contributed by atoms with Crippen LogP contribution in [0.1, 0.15) is 37.7 Å². The van der Waals surface area contributed by atoms with Crippen molar-refractivity contribution >= 4 is 17.3 Å². The van der Waals surface area contributed by atoms with E-state index in [-0.39, 0.29) is 0 Å². The van der Waals surface area contributed by atoms with Crippen molar-refractivity contribution in [1.82, 2.24) is 0 Å². The van der Waals surface area contributed by atoms with E-state index in [1.807, 2.05) is 6.07 Å².